The minimum absolute atomic E-state index is 0.0519. The zero-order chi connectivity index (χ0) is 14.1. The van der Waals surface area contributed by atoms with Crippen LogP contribution in [0.1, 0.15) is 18.9 Å². The average molecular weight is 294 g/mol. The molecule has 3 rings (SSSR count). The molecule has 3 atom stereocenters. The lowest BCUT2D eigenvalue weighted by Gasteiger charge is -2.37. The van der Waals surface area contributed by atoms with E-state index in [9.17, 15) is 4.79 Å². The van der Waals surface area contributed by atoms with Crippen molar-refractivity contribution in [1.29, 1.82) is 0 Å². The van der Waals surface area contributed by atoms with Gasteiger partial charge in [0.25, 0.3) is 0 Å². The number of alkyl halides is 1. The summed E-state index contributed by atoms with van der Waals surface area (Å²) in [4.78, 5) is 14.6. The maximum atomic E-state index is 12.6. The number of halogens is 1. The second-order valence-corrected chi connectivity index (χ2v) is 6.45. The van der Waals surface area contributed by atoms with Gasteiger partial charge in [-0.05, 0) is 30.4 Å². The first-order chi connectivity index (χ1) is 9.65. The largest absolute Gasteiger partial charge is 0.492 e. The van der Waals surface area contributed by atoms with Crippen LogP contribution in [0.2, 0.25) is 0 Å². The number of amides is 1. The molecular formula is C16H20ClNO2. The Balaban J connectivity index is 1.67. The lowest BCUT2D eigenvalue weighted by molar-refractivity contribution is -0.138. The molecule has 2 heterocycles. The van der Waals surface area contributed by atoms with Crippen molar-refractivity contribution < 1.29 is 9.53 Å². The number of benzene rings is 1. The first-order valence-corrected chi connectivity index (χ1v) is 7.72. The Hall–Kier alpha value is -1.22. The fraction of sp³-hybridized carbons (Fsp3) is 0.562. The van der Waals surface area contributed by atoms with Crippen molar-refractivity contribution >= 4 is 17.5 Å². The van der Waals surface area contributed by atoms with Gasteiger partial charge in [-0.1, -0.05) is 25.1 Å². The van der Waals surface area contributed by atoms with Gasteiger partial charge >= 0.3 is 0 Å². The number of carbonyl (C=O) groups excluding carboxylic acids is 1. The number of fused-ring (bicyclic) bond motifs is 1. The van der Waals surface area contributed by atoms with Gasteiger partial charge in [0.15, 0.2) is 0 Å². The van der Waals surface area contributed by atoms with Crippen molar-refractivity contribution in [2.24, 2.45) is 11.8 Å². The van der Waals surface area contributed by atoms with Gasteiger partial charge in [-0.2, -0.15) is 0 Å². The van der Waals surface area contributed by atoms with Crippen LogP contribution >= 0.6 is 11.6 Å². The third kappa shape index (κ3) is 2.64. The minimum Gasteiger partial charge on any atom is -0.492 e. The zero-order valence-electron chi connectivity index (χ0n) is 11.7. The van der Waals surface area contributed by atoms with Gasteiger partial charge in [0, 0.05) is 18.5 Å². The van der Waals surface area contributed by atoms with E-state index in [0.29, 0.717) is 12.5 Å². The molecule has 0 bridgehead atoms. The monoisotopic (exact) mass is 293 g/mol. The number of carbonyl (C=O) groups is 1. The number of rotatable bonds is 1. The van der Waals surface area contributed by atoms with E-state index in [1.54, 1.807) is 0 Å². The van der Waals surface area contributed by atoms with Gasteiger partial charge < -0.3 is 9.64 Å². The molecule has 0 aromatic heterocycles. The van der Waals surface area contributed by atoms with Gasteiger partial charge in [-0.25, -0.2) is 0 Å². The van der Waals surface area contributed by atoms with Crippen molar-refractivity contribution in [3.8, 4) is 5.75 Å². The molecule has 20 heavy (non-hydrogen) atoms. The molecule has 0 saturated carbocycles. The highest BCUT2D eigenvalue weighted by Crippen LogP contribution is 2.29. The van der Waals surface area contributed by atoms with E-state index in [4.69, 9.17) is 16.3 Å². The van der Waals surface area contributed by atoms with Crippen molar-refractivity contribution in [2.45, 2.75) is 25.1 Å². The predicted molar refractivity (Wildman–Crippen MR) is 79.1 cm³/mol. The highest BCUT2D eigenvalue weighted by molar-refractivity contribution is 6.20. The molecule has 2 aliphatic rings. The number of likely N-dealkylation sites (tertiary alicyclic amines) is 1. The van der Waals surface area contributed by atoms with Crippen LogP contribution in [0.3, 0.4) is 0 Å². The second kappa shape index (κ2) is 5.65. The van der Waals surface area contributed by atoms with Gasteiger partial charge in [-0.15, -0.1) is 11.6 Å². The summed E-state index contributed by atoms with van der Waals surface area (Å²) in [6.45, 7) is 4.15. The van der Waals surface area contributed by atoms with Crippen LogP contribution in [-0.2, 0) is 11.2 Å². The second-order valence-electron chi connectivity index (χ2n) is 5.89. The Morgan fingerprint density at radius 2 is 2.20 bits per heavy atom. The van der Waals surface area contributed by atoms with E-state index in [1.807, 2.05) is 29.2 Å². The normalized spacial score (nSPS) is 29.5. The highest BCUT2D eigenvalue weighted by Gasteiger charge is 2.33. The quantitative estimate of drug-likeness (QED) is 0.745. The number of ether oxygens (including phenoxy) is 1. The fourth-order valence-corrected chi connectivity index (χ4v) is 3.24. The summed E-state index contributed by atoms with van der Waals surface area (Å²) in [5.74, 6) is 1.45. The Kier molecular flexibility index (Phi) is 3.88. The fourth-order valence-electron chi connectivity index (χ4n) is 3.06. The summed E-state index contributed by atoms with van der Waals surface area (Å²) in [5.41, 5.74) is 1.14. The van der Waals surface area contributed by atoms with Crippen molar-refractivity contribution in [3.63, 3.8) is 0 Å². The summed E-state index contributed by atoms with van der Waals surface area (Å²) in [6.07, 6.45) is 1.67. The van der Waals surface area contributed by atoms with Crippen molar-refractivity contribution in [3.05, 3.63) is 29.8 Å². The molecule has 1 amide bonds. The smallest absolute Gasteiger partial charge is 0.229 e. The third-order valence-corrected chi connectivity index (χ3v) is 4.99. The summed E-state index contributed by atoms with van der Waals surface area (Å²) in [6, 6.07) is 7.98. The number of para-hydroxylation sites is 1. The molecule has 1 fully saturated rings. The SMILES string of the molecule is CC1CN(C(=O)C2COc3ccccc3C2)CCC1Cl. The Morgan fingerprint density at radius 1 is 1.40 bits per heavy atom. The van der Waals surface area contributed by atoms with Gasteiger partial charge in [0.05, 0.1) is 5.92 Å². The third-order valence-electron chi connectivity index (χ3n) is 4.34. The Labute approximate surface area is 124 Å². The predicted octanol–water partition coefficient (Wildman–Crippen LogP) is 2.71. The first kappa shape index (κ1) is 13.7. The van der Waals surface area contributed by atoms with E-state index < -0.39 is 0 Å². The van der Waals surface area contributed by atoms with Crippen molar-refractivity contribution in [1.82, 2.24) is 4.90 Å². The van der Waals surface area contributed by atoms with Crippen LogP contribution in [0, 0.1) is 11.8 Å². The van der Waals surface area contributed by atoms with E-state index in [0.717, 1.165) is 37.2 Å². The van der Waals surface area contributed by atoms with Crippen molar-refractivity contribution in [2.75, 3.05) is 19.7 Å². The molecule has 108 valence electrons. The lowest BCUT2D eigenvalue weighted by atomic mass is 9.93. The molecule has 0 radical (unpaired) electrons. The molecule has 0 N–H and O–H groups in total. The van der Waals surface area contributed by atoms with E-state index >= 15 is 0 Å². The molecule has 1 aromatic rings. The molecule has 4 heteroatoms. The van der Waals surface area contributed by atoms with E-state index in [2.05, 4.69) is 6.92 Å². The zero-order valence-corrected chi connectivity index (χ0v) is 12.5. The summed E-state index contributed by atoms with van der Waals surface area (Å²) in [7, 11) is 0. The molecular weight excluding hydrogens is 274 g/mol. The Bertz CT molecular complexity index is 505. The van der Waals surface area contributed by atoms with Crippen LogP contribution in [0.15, 0.2) is 24.3 Å². The topological polar surface area (TPSA) is 29.5 Å². The molecule has 1 saturated heterocycles. The van der Waals surface area contributed by atoms with Crippen LogP contribution in [0.5, 0.6) is 5.75 Å². The van der Waals surface area contributed by atoms with Gasteiger partial charge in [0.1, 0.15) is 12.4 Å². The molecule has 0 spiro atoms. The van der Waals surface area contributed by atoms with E-state index in [-0.39, 0.29) is 17.2 Å². The van der Waals surface area contributed by atoms with Crippen LogP contribution in [0.4, 0.5) is 0 Å². The molecule has 2 aliphatic heterocycles. The molecule has 1 aromatic carbocycles. The van der Waals surface area contributed by atoms with Gasteiger partial charge in [-0.3, -0.25) is 4.79 Å². The summed E-state index contributed by atoms with van der Waals surface area (Å²) in [5, 5.41) is 0.197. The minimum atomic E-state index is -0.0519. The van der Waals surface area contributed by atoms with Gasteiger partial charge in [0.2, 0.25) is 5.91 Å². The maximum absolute atomic E-state index is 12.6. The average Bonchev–Trinajstić information content (AvgIpc) is 2.49. The number of piperidine rings is 1. The summed E-state index contributed by atoms with van der Waals surface area (Å²) >= 11 is 6.23. The molecule has 3 unspecified atom stereocenters. The summed E-state index contributed by atoms with van der Waals surface area (Å²) < 4.78 is 5.72. The highest BCUT2D eigenvalue weighted by atomic mass is 35.5. The number of hydrogen-bond acceptors (Lipinski definition) is 2. The van der Waals surface area contributed by atoms with Crippen LogP contribution in [0.25, 0.3) is 0 Å². The first-order valence-electron chi connectivity index (χ1n) is 7.28. The standard InChI is InChI=1S/C16H20ClNO2/c1-11-9-18(7-6-14(11)17)16(19)13-8-12-4-2-3-5-15(12)20-10-13/h2-5,11,13-14H,6-10H2,1H3. The lowest BCUT2D eigenvalue weighted by Crippen LogP contribution is -2.47. The number of nitrogens with zero attached hydrogens (tertiary/aromatic N) is 1. The van der Waals surface area contributed by atoms with E-state index in [1.165, 1.54) is 0 Å². The van der Waals surface area contributed by atoms with Crippen LogP contribution in [-0.4, -0.2) is 35.9 Å². The number of hydrogen-bond donors (Lipinski definition) is 0. The Morgan fingerprint density at radius 3 is 3.00 bits per heavy atom. The molecule has 0 aliphatic carbocycles. The molecule has 3 nitrogen and oxygen atoms in total. The maximum Gasteiger partial charge on any atom is 0.229 e. The van der Waals surface area contributed by atoms with Crippen LogP contribution < -0.4 is 4.74 Å².